The van der Waals surface area contributed by atoms with Gasteiger partial charge in [0.2, 0.25) is 5.91 Å². The zero-order chi connectivity index (χ0) is 7.56. The zero-order valence-electron chi connectivity index (χ0n) is 5.78. The van der Waals surface area contributed by atoms with Gasteiger partial charge < -0.3 is 14.7 Å². The summed E-state index contributed by atoms with van der Waals surface area (Å²) in [4.78, 5) is 12.1. The van der Waals surface area contributed by atoms with E-state index in [-0.39, 0.29) is 12.5 Å². The highest BCUT2D eigenvalue weighted by atomic mass is 16.5. The van der Waals surface area contributed by atoms with Gasteiger partial charge in [0.1, 0.15) is 0 Å². The highest BCUT2D eigenvalue weighted by Crippen LogP contribution is 2.05. The number of hydrogen-bond acceptors (Lipinski definition) is 3. The Morgan fingerprint density at radius 2 is 2.70 bits per heavy atom. The number of amides is 1. The molecule has 10 heavy (non-hydrogen) atoms. The number of carbonyl (C=O) groups is 1. The summed E-state index contributed by atoms with van der Waals surface area (Å²) in [6.45, 7) is 3.39. The van der Waals surface area contributed by atoms with E-state index in [1.54, 1.807) is 6.92 Å². The van der Waals surface area contributed by atoms with Gasteiger partial charge in [-0.05, 0) is 6.92 Å². The monoisotopic (exact) mass is 144 g/mol. The Hall–Kier alpha value is -0.610. The molecule has 0 aromatic heterocycles. The quantitative estimate of drug-likeness (QED) is 0.524. The molecule has 1 heterocycles. The molecular weight excluding hydrogens is 134 g/mol. The number of rotatable bonds is 2. The first-order chi connectivity index (χ1) is 4.70. The van der Waals surface area contributed by atoms with Crippen LogP contribution in [-0.2, 0) is 9.53 Å². The molecule has 4 heteroatoms. The molecule has 0 aromatic carbocycles. The predicted molar refractivity (Wildman–Crippen MR) is 33.6 cm³/mol. The van der Waals surface area contributed by atoms with Crippen molar-refractivity contribution < 1.29 is 14.6 Å². The number of nitrogens with zero attached hydrogens (tertiary/aromatic N) is 1. The Balaban J connectivity index is 2.33. The first-order valence-electron chi connectivity index (χ1n) is 3.12. The summed E-state index contributed by atoms with van der Waals surface area (Å²) in [5, 5.41) is 8.86. The minimum Gasteiger partial charge on any atom is -0.525 e. The molecule has 0 spiro atoms. The minimum absolute atomic E-state index is 0.0964. The summed E-state index contributed by atoms with van der Waals surface area (Å²) in [5.74, 6) is -0.0964. The molecule has 1 atom stereocenters. The van der Waals surface area contributed by atoms with Gasteiger partial charge in [-0.25, -0.2) is 0 Å². The van der Waals surface area contributed by atoms with Crippen molar-refractivity contribution in [1.29, 1.82) is 0 Å². The molecule has 4 nitrogen and oxygen atoms in total. The summed E-state index contributed by atoms with van der Waals surface area (Å²) in [5.41, 5.74) is 0. The number of ether oxygens (including phenoxy) is 1. The normalized spacial score (nSPS) is 21.8. The van der Waals surface area contributed by atoms with Gasteiger partial charge in [-0.2, -0.15) is 0 Å². The molecule has 0 aromatic rings. The third-order valence-electron chi connectivity index (χ3n) is 1.19. The minimum atomic E-state index is -0.498. The fourth-order valence-corrected chi connectivity index (χ4v) is 0.770. The van der Waals surface area contributed by atoms with Crippen LogP contribution in [0.4, 0.5) is 0 Å². The highest BCUT2D eigenvalue weighted by molar-refractivity contribution is 5.79. The Labute approximate surface area is 59.4 Å². The molecule has 1 saturated heterocycles. The van der Waals surface area contributed by atoms with Gasteiger partial charge in [0.05, 0.1) is 12.7 Å². The summed E-state index contributed by atoms with van der Waals surface area (Å²) in [6.07, 6.45) is -0.498. The van der Waals surface area contributed by atoms with E-state index in [4.69, 9.17) is 9.84 Å². The Morgan fingerprint density at radius 1 is 2.00 bits per heavy atom. The van der Waals surface area contributed by atoms with Gasteiger partial charge in [0, 0.05) is 6.54 Å². The van der Waals surface area contributed by atoms with E-state index in [1.165, 1.54) is 11.6 Å². The standard InChI is InChI=1S/C6H10NO3/c1-5(8)2-7-4-10-3-6(7)9/h4-5,8H,2-3H2,1H3/q-1. The summed E-state index contributed by atoms with van der Waals surface area (Å²) in [6, 6.07) is 0. The number of aliphatic hydroxyl groups excluding tert-OH is 1. The van der Waals surface area contributed by atoms with Gasteiger partial charge in [-0.15, -0.1) is 6.73 Å². The van der Waals surface area contributed by atoms with Gasteiger partial charge in [-0.1, -0.05) is 0 Å². The fraction of sp³-hybridized carbons (Fsp3) is 0.667. The van der Waals surface area contributed by atoms with E-state index in [9.17, 15) is 4.79 Å². The molecule has 58 valence electrons. The fourth-order valence-electron chi connectivity index (χ4n) is 0.770. The topological polar surface area (TPSA) is 49.8 Å². The lowest BCUT2D eigenvalue weighted by atomic mass is 10.4. The molecule has 0 bridgehead atoms. The second-order valence-corrected chi connectivity index (χ2v) is 2.31. The zero-order valence-corrected chi connectivity index (χ0v) is 5.78. The van der Waals surface area contributed by atoms with E-state index in [1.807, 2.05) is 0 Å². The Bertz CT molecular complexity index is 135. The predicted octanol–water partition coefficient (Wildman–Crippen LogP) is -0.655. The van der Waals surface area contributed by atoms with Crippen LogP contribution in [0.3, 0.4) is 0 Å². The van der Waals surface area contributed by atoms with Crippen LogP contribution in [0.2, 0.25) is 0 Å². The van der Waals surface area contributed by atoms with Crippen LogP contribution in [0.1, 0.15) is 6.92 Å². The van der Waals surface area contributed by atoms with Gasteiger partial charge in [0.25, 0.3) is 0 Å². The lowest BCUT2D eigenvalue weighted by Gasteiger charge is -2.24. The van der Waals surface area contributed by atoms with E-state index >= 15 is 0 Å². The molecule has 0 aliphatic carbocycles. The average molecular weight is 144 g/mol. The van der Waals surface area contributed by atoms with Crippen LogP contribution >= 0.6 is 0 Å². The van der Waals surface area contributed by atoms with Crippen LogP contribution in [-0.4, -0.2) is 35.2 Å². The van der Waals surface area contributed by atoms with E-state index < -0.39 is 6.10 Å². The smallest absolute Gasteiger partial charge is 0.218 e. The maximum atomic E-state index is 10.8. The van der Waals surface area contributed by atoms with Crippen molar-refractivity contribution in [2.24, 2.45) is 0 Å². The van der Waals surface area contributed by atoms with Crippen molar-refractivity contribution in [3.63, 3.8) is 0 Å². The van der Waals surface area contributed by atoms with E-state index in [0.717, 1.165) is 0 Å². The van der Waals surface area contributed by atoms with Crippen molar-refractivity contribution in [1.82, 2.24) is 4.90 Å². The molecule has 1 aliphatic heterocycles. The molecule has 1 aliphatic rings. The maximum absolute atomic E-state index is 10.8. The number of aliphatic hydroxyl groups is 1. The first kappa shape index (κ1) is 7.50. The van der Waals surface area contributed by atoms with Crippen LogP contribution in [0, 0.1) is 6.73 Å². The summed E-state index contributed by atoms with van der Waals surface area (Å²) >= 11 is 0. The lowest BCUT2D eigenvalue weighted by Crippen LogP contribution is -2.30. The van der Waals surface area contributed by atoms with Crippen LogP contribution < -0.4 is 0 Å². The molecule has 0 saturated carbocycles. The first-order valence-corrected chi connectivity index (χ1v) is 3.12. The summed E-state index contributed by atoms with van der Waals surface area (Å²) < 4.78 is 4.71. The van der Waals surface area contributed by atoms with Crippen LogP contribution in [0.15, 0.2) is 0 Å². The Kier molecular flexibility index (Phi) is 2.24. The molecule has 1 amide bonds. The summed E-state index contributed by atoms with van der Waals surface area (Å²) in [7, 11) is 0. The number of β-amino-alcohol motifs (C(OH)–C–C–N with tert-alkyl or cyclic N) is 1. The van der Waals surface area contributed by atoms with Gasteiger partial charge in [-0.3, -0.25) is 4.79 Å². The Morgan fingerprint density at radius 3 is 3.10 bits per heavy atom. The van der Waals surface area contributed by atoms with Crippen molar-refractivity contribution in [2.45, 2.75) is 13.0 Å². The number of carbonyl (C=O) groups excluding carboxylic acids is 1. The maximum Gasteiger partial charge on any atom is 0.218 e. The van der Waals surface area contributed by atoms with Crippen molar-refractivity contribution >= 4 is 5.91 Å². The van der Waals surface area contributed by atoms with Gasteiger partial charge >= 0.3 is 0 Å². The third kappa shape index (κ3) is 1.68. The number of hydrogen-bond donors (Lipinski definition) is 1. The van der Waals surface area contributed by atoms with Crippen LogP contribution in [0.5, 0.6) is 0 Å². The van der Waals surface area contributed by atoms with Crippen molar-refractivity contribution in [2.75, 3.05) is 13.2 Å². The van der Waals surface area contributed by atoms with Crippen molar-refractivity contribution in [3.05, 3.63) is 6.73 Å². The van der Waals surface area contributed by atoms with Crippen molar-refractivity contribution in [3.8, 4) is 0 Å². The molecule has 1 unspecified atom stereocenters. The average Bonchev–Trinajstić information content (AvgIpc) is 2.15. The van der Waals surface area contributed by atoms with Crippen LogP contribution in [0.25, 0.3) is 0 Å². The van der Waals surface area contributed by atoms with E-state index in [0.29, 0.717) is 6.54 Å². The molecule has 0 radical (unpaired) electrons. The molecule has 1 fully saturated rings. The molecular formula is C6H10NO3-. The molecule has 1 N–H and O–H groups in total. The second-order valence-electron chi connectivity index (χ2n) is 2.31. The third-order valence-corrected chi connectivity index (χ3v) is 1.19. The molecule has 1 rings (SSSR count). The largest absolute Gasteiger partial charge is 0.525 e. The highest BCUT2D eigenvalue weighted by Gasteiger charge is 2.12. The lowest BCUT2D eigenvalue weighted by molar-refractivity contribution is -0.127. The SMILES string of the molecule is CC(O)CN1[CH-]OCC1=O. The second kappa shape index (κ2) is 2.98. The van der Waals surface area contributed by atoms with Gasteiger partial charge in [0.15, 0.2) is 0 Å². The van der Waals surface area contributed by atoms with E-state index in [2.05, 4.69) is 0 Å².